The van der Waals surface area contributed by atoms with Gasteiger partial charge in [0.05, 0.1) is 29.7 Å². The number of rotatable bonds is 5. The van der Waals surface area contributed by atoms with Gasteiger partial charge in [0, 0.05) is 17.8 Å². The number of nitrogens with zero attached hydrogens (tertiary/aromatic N) is 2. The topological polar surface area (TPSA) is 90.3 Å². The van der Waals surface area contributed by atoms with Crippen molar-refractivity contribution in [2.24, 2.45) is 0 Å². The van der Waals surface area contributed by atoms with Crippen molar-refractivity contribution in [3.8, 4) is 6.07 Å². The Morgan fingerprint density at radius 2 is 1.96 bits per heavy atom. The van der Waals surface area contributed by atoms with Crippen LogP contribution in [0.5, 0.6) is 0 Å². The molecule has 1 aromatic carbocycles. The lowest BCUT2D eigenvalue weighted by Gasteiger charge is -2.38. The van der Waals surface area contributed by atoms with Gasteiger partial charge in [0.1, 0.15) is 0 Å². The summed E-state index contributed by atoms with van der Waals surface area (Å²) in [5, 5.41) is 12.1. The Labute approximate surface area is 155 Å². The molecule has 1 heterocycles. The third kappa shape index (κ3) is 4.55. The predicted molar refractivity (Wildman–Crippen MR) is 100 cm³/mol. The molecule has 1 aliphatic carbocycles. The fraction of sp³-hybridized carbons (Fsp3) is 0.579. The Balaban J connectivity index is 1.71. The van der Waals surface area contributed by atoms with Gasteiger partial charge in [-0.25, -0.2) is 8.42 Å². The molecule has 0 radical (unpaired) electrons. The van der Waals surface area contributed by atoms with Crippen molar-refractivity contribution in [1.29, 1.82) is 5.26 Å². The Bertz CT molecular complexity index is 794. The molecule has 0 aromatic heterocycles. The smallest absolute Gasteiger partial charge is 0.242 e. The van der Waals surface area contributed by atoms with Gasteiger partial charge in [-0.1, -0.05) is 25.3 Å². The molecular weight excluding hydrogens is 350 g/mol. The van der Waals surface area contributed by atoms with E-state index < -0.39 is 9.84 Å². The molecule has 7 heteroatoms. The lowest BCUT2D eigenvalue weighted by atomic mass is 9.93. The van der Waals surface area contributed by atoms with Gasteiger partial charge in [0.15, 0.2) is 9.84 Å². The van der Waals surface area contributed by atoms with Crippen molar-refractivity contribution in [2.45, 2.75) is 50.6 Å². The first-order chi connectivity index (χ1) is 12.5. The molecule has 1 N–H and O–H groups in total. The minimum absolute atomic E-state index is 0.0543. The average molecular weight is 375 g/mol. The maximum atomic E-state index is 13.0. The van der Waals surface area contributed by atoms with Crippen LogP contribution >= 0.6 is 0 Å². The van der Waals surface area contributed by atoms with Crippen molar-refractivity contribution in [1.82, 2.24) is 4.90 Å². The molecule has 0 spiro atoms. The summed E-state index contributed by atoms with van der Waals surface area (Å²) in [5.41, 5.74) is 1.26. The van der Waals surface area contributed by atoms with E-state index in [2.05, 4.69) is 11.4 Å². The molecule has 1 saturated carbocycles. The highest BCUT2D eigenvalue weighted by Crippen LogP contribution is 2.28. The number of hydrogen-bond acceptors (Lipinski definition) is 5. The number of amides is 1. The Hall–Kier alpha value is -2.07. The van der Waals surface area contributed by atoms with Crippen LogP contribution in [0, 0.1) is 11.3 Å². The van der Waals surface area contributed by atoms with E-state index in [1.165, 1.54) is 6.42 Å². The molecule has 1 aliphatic heterocycles. The summed E-state index contributed by atoms with van der Waals surface area (Å²) in [6.07, 6.45) is 5.80. The summed E-state index contributed by atoms with van der Waals surface area (Å²) in [7, 11) is -3.04. The predicted octanol–water partition coefficient (Wildman–Crippen LogP) is 2.32. The second kappa shape index (κ2) is 8.09. The maximum Gasteiger partial charge on any atom is 0.242 e. The van der Waals surface area contributed by atoms with Gasteiger partial charge in [-0.3, -0.25) is 4.79 Å². The van der Waals surface area contributed by atoms with E-state index in [9.17, 15) is 13.2 Å². The Morgan fingerprint density at radius 3 is 2.62 bits per heavy atom. The average Bonchev–Trinajstić information content (AvgIpc) is 3.00. The van der Waals surface area contributed by atoms with Gasteiger partial charge in [0.2, 0.25) is 5.91 Å². The van der Waals surface area contributed by atoms with Crippen LogP contribution in [-0.4, -0.2) is 49.4 Å². The summed E-state index contributed by atoms with van der Waals surface area (Å²) in [5.74, 6) is 0.201. The Kier molecular flexibility index (Phi) is 5.82. The van der Waals surface area contributed by atoms with Crippen molar-refractivity contribution >= 4 is 21.4 Å². The number of nitriles is 1. The van der Waals surface area contributed by atoms with Crippen LogP contribution < -0.4 is 5.32 Å². The fourth-order valence-electron chi connectivity index (χ4n) is 4.03. The van der Waals surface area contributed by atoms with Gasteiger partial charge < -0.3 is 10.2 Å². The number of nitrogens with one attached hydrogen (secondary N) is 1. The van der Waals surface area contributed by atoms with Crippen molar-refractivity contribution in [2.75, 3.05) is 23.4 Å². The van der Waals surface area contributed by atoms with Gasteiger partial charge >= 0.3 is 0 Å². The molecule has 0 bridgehead atoms. The first-order valence-electron chi connectivity index (χ1n) is 9.24. The zero-order valence-corrected chi connectivity index (χ0v) is 15.7. The van der Waals surface area contributed by atoms with Crippen LogP contribution in [0.25, 0.3) is 0 Å². The zero-order valence-electron chi connectivity index (χ0n) is 14.9. The van der Waals surface area contributed by atoms with E-state index in [0.29, 0.717) is 12.0 Å². The van der Waals surface area contributed by atoms with Crippen LogP contribution in [0.15, 0.2) is 24.3 Å². The molecule has 1 amide bonds. The van der Waals surface area contributed by atoms with Gasteiger partial charge in [-0.15, -0.1) is 0 Å². The molecule has 2 aliphatic rings. The number of hydrogen-bond donors (Lipinski definition) is 1. The minimum Gasteiger partial charge on any atom is -0.376 e. The van der Waals surface area contributed by atoms with E-state index in [4.69, 9.17) is 5.26 Å². The van der Waals surface area contributed by atoms with Crippen LogP contribution in [0.4, 0.5) is 5.69 Å². The molecule has 1 aromatic rings. The number of sulfone groups is 1. The van der Waals surface area contributed by atoms with E-state index in [0.717, 1.165) is 31.4 Å². The molecule has 6 nitrogen and oxygen atoms in total. The largest absolute Gasteiger partial charge is 0.376 e. The van der Waals surface area contributed by atoms with Gasteiger partial charge in [-0.05, 0) is 37.5 Å². The maximum absolute atomic E-state index is 13.0. The van der Waals surface area contributed by atoms with Crippen LogP contribution in [0.2, 0.25) is 0 Å². The zero-order chi connectivity index (χ0) is 18.6. The van der Waals surface area contributed by atoms with Crippen molar-refractivity contribution < 1.29 is 13.2 Å². The lowest BCUT2D eigenvalue weighted by molar-refractivity contribution is -0.134. The quantitative estimate of drug-likeness (QED) is 0.853. The number of carbonyl (C=O) groups is 1. The summed E-state index contributed by atoms with van der Waals surface area (Å²) in [6.45, 7) is 0.113. The summed E-state index contributed by atoms with van der Waals surface area (Å²) in [6, 6.07) is 9.03. The standard InChI is InChI=1S/C19H25N3O3S/c20-12-15-5-4-6-16(11-15)21-13-19(23)22(17-7-2-1-3-8-17)18-9-10-26(24,25)14-18/h4-6,11,17-18,21H,1-3,7-10,13-14H2. The molecule has 140 valence electrons. The van der Waals surface area contributed by atoms with Crippen LogP contribution in [0.1, 0.15) is 44.1 Å². The van der Waals surface area contributed by atoms with Crippen molar-refractivity contribution in [3.05, 3.63) is 29.8 Å². The van der Waals surface area contributed by atoms with Crippen molar-refractivity contribution in [3.63, 3.8) is 0 Å². The van der Waals surface area contributed by atoms with Gasteiger partial charge in [0.25, 0.3) is 0 Å². The molecule has 1 atom stereocenters. The first kappa shape index (κ1) is 18.7. The lowest BCUT2D eigenvalue weighted by Crippen LogP contribution is -2.50. The Morgan fingerprint density at radius 1 is 1.19 bits per heavy atom. The highest BCUT2D eigenvalue weighted by atomic mass is 32.2. The van der Waals surface area contributed by atoms with Crippen LogP contribution in [-0.2, 0) is 14.6 Å². The molecule has 26 heavy (non-hydrogen) atoms. The third-order valence-electron chi connectivity index (χ3n) is 5.29. The monoisotopic (exact) mass is 375 g/mol. The van der Waals surface area contributed by atoms with E-state index in [1.807, 2.05) is 11.0 Å². The highest BCUT2D eigenvalue weighted by Gasteiger charge is 2.38. The molecular formula is C19H25N3O3S. The normalized spacial score (nSPS) is 22.5. The number of anilines is 1. The third-order valence-corrected chi connectivity index (χ3v) is 7.04. The first-order valence-corrected chi connectivity index (χ1v) is 11.1. The van der Waals surface area contributed by atoms with Crippen LogP contribution in [0.3, 0.4) is 0 Å². The molecule has 1 unspecified atom stereocenters. The SMILES string of the molecule is N#Cc1cccc(NCC(=O)N(C2CCCCC2)C2CCS(=O)(=O)C2)c1. The number of benzene rings is 1. The minimum atomic E-state index is -3.04. The second-order valence-electron chi connectivity index (χ2n) is 7.20. The fourth-order valence-corrected chi connectivity index (χ4v) is 5.74. The number of carbonyl (C=O) groups excluding carboxylic acids is 1. The molecule has 1 saturated heterocycles. The summed E-state index contributed by atoms with van der Waals surface area (Å²) < 4.78 is 23.8. The van der Waals surface area contributed by atoms with Gasteiger partial charge in [-0.2, -0.15) is 5.26 Å². The van der Waals surface area contributed by atoms with E-state index in [1.54, 1.807) is 18.2 Å². The van der Waals surface area contributed by atoms with E-state index >= 15 is 0 Å². The highest BCUT2D eigenvalue weighted by molar-refractivity contribution is 7.91. The molecule has 3 rings (SSSR count). The summed E-state index contributed by atoms with van der Waals surface area (Å²) >= 11 is 0. The second-order valence-corrected chi connectivity index (χ2v) is 9.42. The van der Waals surface area contributed by atoms with E-state index in [-0.39, 0.29) is 36.0 Å². The summed E-state index contributed by atoms with van der Waals surface area (Å²) in [4.78, 5) is 14.8. The molecule has 2 fully saturated rings.